The van der Waals surface area contributed by atoms with Gasteiger partial charge in [0, 0.05) is 0 Å². The highest BCUT2D eigenvalue weighted by Crippen LogP contribution is 2.24. The monoisotopic (exact) mass is 320 g/mol. The fourth-order valence-corrected chi connectivity index (χ4v) is 2.44. The van der Waals surface area contributed by atoms with Gasteiger partial charge in [-0.2, -0.15) is 0 Å². The number of rotatable bonds is 0. The first-order valence-corrected chi connectivity index (χ1v) is 7.35. The lowest BCUT2D eigenvalue weighted by atomic mass is 10.1. The summed E-state index contributed by atoms with van der Waals surface area (Å²) in [5, 5.41) is 40.2. The van der Waals surface area contributed by atoms with Crippen molar-refractivity contribution in [3.63, 3.8) is 0 Å². The second-order valence-corrected chi connectivity index (χ2v) is 5.43. The van der Waals surface area contributed by atoms with Gasteiger partial charge in [0.15, 0.2) is 0 Å². The summed E-state index contributed by atoms with van der Waals surface area (Å²) in [6, 6.07) is 20.2. The highest BCUT2D eigenvalue weighted by Gasteiger charge is 1.96. The molecule has 0 radical (unpaired) electrons. The summed E-state index contributed by atoms with van der Waals surface area (Å²) in [5.41, 5.74) is 0. The van der Waals surface area contributed by atoms with Crippen LogP contribution in [0.1, 0.15) is 0 Å². The number of hydrogen-bond donors (Lipinski definition) is 4. The van der Waals surface area contributed by atoms with Gasteiger partial charge in [-0.1, -0.05) is 24.3 Å². The molecule has 0 atom stereocenters. The molecule has 0 saturated heterocycles. The van der Waals surface area contributed by atoms with Crippen molar-refractivity contribution in [3.8, 4) is 23.0 Å². The van der Waals surface area contributed by atoms with Crippen LogP contribution in [0.4, 0.5) is 0 Å². The van der Waals surface area contributed by atoms with E-state index >= 15 is 0 Å². The van der Waals surface area contributed by atoms with Gasteiger partial charge in [0.05, 0.1) is 0 Å². The molecule has 0 unspecified atom stereocenters. The molecule has 4 aromatic rings. The third-order valence-electron chi connectivity index (χ3n) is 3.61. The normalized spacial score (nSPS) is 10.3. The molecular formula is C20H16O4. The first kappa shape index (κ1) is 15.5. The molecular weight excluding hydrogens is 304 g/mol. The summed E-state index contributed by atoms with van der Waals surface area (Å²) >= 11 is 0. The first-order chi connectivity index (χ1) is 11.5. The predicted molar refractivity (Wildman–Crippen MR) is 94.6 cm³/mol. The second kappa shape index (κ2) is 6.38. The van der Waals surface area contributed by atoms with Gasteiger partial charge in [0.1, 0.15) is 23.0 Å². The van der Waals surface area contributed by atoms with Crippen molar-refractivity contribution in [2.24, 2.45) is 0 Å². The Morgan fingerprint density at radius 1 is 0.333 bits per heavy atom. The molecule has 4 heteroatoms. The number of benzene rings is 4. The molecule has 24 heavy (non-hydrogen) atoms. The standard InChI is InChI=1S/2C10H8O2/c11-9-3-1-7-5-10(12)4-2-8(7)6-9;11-9-3-1-7-2-4-10(12)6-8(7)5-9/h2*1-6,11-12H. The van der Waals surface area contributed by atoms with Gasteiger partial charge in [-0.25, -0.2) is 0 Å². The van der Waals surface area contributed by atoms with E-state index in [-0.39, 0.29) is 23.0 Å². The molecule has 0 saturated carbocycles. The Morgan fingerprint density at radius 3 is 1.00 bits per heavy atom. The Bertz CT molecular complexity index is 931. The highest BCUT2D eigenvalue weighted by atomic mass is 16.3. The largest absolute Gasteiger partial charge is 0.508 e. The minimum absolute atomic E-state index is 0.216. The maximum atomic E-state index is 9.14. The number of aromatic hydroxyl groups is 4. The van der Waals surface area contributed by atoms with E-state index in [9.17, 15) is 0 Å². The summed E-state index contributed by atoms with van der Waals surface area (Å²) in [4.78, 5) is 0. The summed E-state index contributed by atoms with van der Waals surface area (Å²) in [7, 11) is 0. The van der Waals surface area contributed by atoms with Crippen molar-refractivity contribution in [1.29, 1.82) is 0 Å². The van der Waals surface area contributed by atoms with Crippen LogP contribution in [0.5, 0.6) is 23.0 Å². The summed E-state index contributed by atoms with van der Waals surface area (Å²) < 4.78 is 0. The Balaban J connectivity index is 0.000000141. The van der Waals surface area contributed by atoms with Gasteiger partial charge in [-0.05, 0) is 70.1 Å². The first-order valence-electron chi connectivity index (χ1n) is 7.35. The SMILES string of the molecule is Oc1ccc2cc(O)ccc2c1.Oc1ccc2ccc(O)cc2c1. The zero-order chi connectivity index (χ0) is 17.1. The van der Waals surface area contributed by atoms with E-state index < -0.39 is 0 Å². The van der Waals surface area contributed by atoms with E-state index in [0.29, 0.717) is 0 Å². The van der Waals surface area contributed by atoms with E-state index in [1.807, 2.05) is 12.1 Å². The van der Waals surface area contributed by atoms with Crippen LogP contribution in [0, 0.1) is 0 Å². The van der Waals surface area contributed by atoms with E-state index in [1.165, 1.54) is 0 Å². The molecule has 4 rings (SSSR count). The van der Waals surface area contributed by atoms with Gasteiger partial charge < -0.3 is 20.4 Å². The van der Waals surface area contributed by atoms with Gasteiger partial charge >= 0.3 is 0 Å². The second-order valence-electron chi connectivity index (χ2n) is 5.43. The number of fused-ring (bicyclic) bond motifs is 2. The topological polar surface area (TPSA) is 80.9 Å². The number of phenols is 4. The molecule has 120 valence electrons. The summed E-state index contributed by atoms with van der Waals surface area (Å²) in [6.45, 7) is 0. The van der Waals surface area contributed by atoms with Crippen molar-refractivity contribution in [3.05, 3.63) is 72.8 Å². The molecule has 4 nitrogen and oxygen atoms in total. The molecule has 0 amide bonds. The molecule has 4 aromatic carbocycles. The van der Waals surface area contributed by atoms with Crippen molar-refractivity contribution in [2.75, 3.05) is 0 Å². The van der Waals surface area contributed by atoms with Gasteiger partial charge in [-0.3, -0.25) is 0 Å². The third-order valence-corrected chi connectivity index (χ3v) is 3.61. The van der Waals surface area contributed by atoms with Gasteiger partial charge in [-0.15, -0.1) is 0 Å². The molecule has 0 spiro atoms. The van der Waals surface area contributed by atoms with Crippen LogP contribution >= 0.6 is 0 Å². The van der Waals surface area contributed by atoms with Crippen LogP contribution in [0.2, 0.25) is 0 Å². The van der Waals surface area contributed by atoms with Crippen molar-refractivity contribution < 1.29 is 20.4 Å². The van der Waals surface area contributed by atoms with Crippen LogP contribution in [0.3, 0.4) is 0 Å². The van der Waals surface area contributed by atoms with E-state index in [2.05, 4.69) is 0 Å². The Labute approximate surface area is 138 Å². The lowest BCUT2D eigenvalue weighted by Gasteiger charge is -1.98. The van der Waals surface area contributed by atoms with Crippen LogP contribution in [-0.4, -0.2) is 20.4 Å². The van der Waals surface area contributed by atoms with Gasteiger partial charge in [0.25, 0.3) is 0 Å². The smallest absolute Gasteiger partial charge is 0.116 e. The predicted octanol–water partition coefficient (Wildman–Crippen LogP) is 4.50. The molecule has 0 aliphatic carbocycles. The van der Waals surface area contributed by atoms with Crippen molar-refractivity contribution in [2.45, 2.75) is 0 Å². The average Bonchev–Trinajstić information content (AvgIpc) is 2.55. The molecule has 0 aliphatic rings. The quantitative estimate of drug-likeness (QED) is 0.384. The van der Waals surface area contributed by atoms with Crippen LogP contribution in [0.25, 0.3) is 21.5 Å². The lowest BCUT2D eigenvalue weighted by molar-refractivity contribution is 0.474. The lowest BCUT2D eigenvalue weighted by Crippen LogP contribution is -1.71. The zero-order valence-electron chi connectivity index (χ0n) is 12.7. The molecule has 0 fully saturated rings. The highest BCUT2D eigenvalue weighted by molar-refractivity contribution is 5.85. The molecule has 4 N–H and O–H groups in total. The van der Waals surface area contributed by atoms with E-state index in [0.717, 1.165) is 21.5 Å². The summed E-state index contributed by atoms with van der Waals surface area (Å²) in [6.07, 6.45) is 0. The van der Waals surface area contributed by atoms with Crippen molar-refractivity contribution in [1.82, 2.24) is 0 Å². The van der Waals surface area contributed by atoms with Gasteiger partial charge in [0.2, 0.25) is 0 Å². The molecule has 0 heterocycles. The zero-order valence-corrected chi connectivity index (χ0v) is 12.7. The van der Waals surface area contributed by atoms with Crippen LogP contribution in [0.15, 0.2) is 72.8 Å². The molecule has 0 aromatic heterocycles. The Morgan fingerprint density at radius 2 is 0.625 bits per heavy atom. The Hall–Kier alpha value is -3.40. The molecule has 0 bridgehead atoms. The van der Waals surface area contributed by atoms with Crippen LogP contribution < -0.4 is 0 Å². The number of hydrogen-bond acceptors (Lipinski definition) is 4. The third kappa shape index (κ3) is 3.50. The average molecular weight is 320 g/mol. The van der Waals surface area contributed by atoms with E-state index in [1.54, 1.807) is 60.7 Å². The molecule has 0 aliphatic heterocycles. The van der Waals surface area contributed by atoms with Crippen LogP contribution in [-0.2, 0) is 0 Å². The maximum absolute atomic E-state index is 9.14. The van der Waals surface area contributed by atoms with Crippen molar-refractivity contribution >= 4 is 21.5 Å². The Kier molecular flexibility index (Phi) is 4.12. The van der Waals surface area contributed by atoms with E-state index in [4.69, 9.17) is 20.4 Å². The number of phenolic OH excluding ortho intramolecular Hbond substituents is 4. The fourth-order valence-electron chi connectivity index (χ4n) is 2.44. The minimum atomic E-state index is 0.216. The summed E-state index contributed by atoms with van der Waals surface area (Å²) in [5.74, 6) is 0.919. The maximum Gasteiger partial charge on any atom is 0.116 e. The fraction of sp³-hybridized carbons (Fsp3) is 0. The minimum Gasteiger partial charge on any atom is -0.508 e.